The Balaban J connectivity index is 5.02. The SMILES string of the molecule is CC(C)(C)[S+]([O-])N=CCC(O[Si](C)(C)C(C)(C)C)C(F)(F)F. The molecule has 2 atom stereocenters. The molecule has 0 bridgehead atoms. The summed E-state index contributed by atoms with van der Waals surface area (Å²) in [7, 11) is -2.55. The van der Waals surface area contributed by atoms with E-state index in [9.17, 15) is 17.7 Å². The minimum absolute atomic E-state index is 0.318. The first-order chi connectivity index (χ1) is 9.48. The van der Waals surface area contributed by atoms with E-state index >= 15 is 0 Å². The second-order valence-corrected chi connectivity index (χ2v) is 14.5. The summed E-state index contributed by atoms with van der Waals surface area (Å²) in [5.41, 5.74) is 0. The highest BCUT2D eigenvalue weighted by Crippen LogP contribution is 2.40. The topological polar surface area (TPSA) is 44.7 Å². The van der Waals surface area contributed by atoms with Crippen LogP contribution in [0.25, 0.3) is 0 Å². The van der Waals surface area contributed by atoms with Gasteiger partial charge in [-0.25, -0.2) is 0 Å². The standard InChI is InChI=1S/C14H28F3NO2SSi/c1-12(2,3)21(19)18-10-9-11(14(15,16)17)20-22(7,8)13(4,5)6/h10-11H,9H2,1-8H3. The summed E-state index contributed by atoms with van der Waals surface area (Å²) in [6, 6.07) is 0. The van der Waals surface area contributed by atoms with Crippen molar-refractivity contribution in [1.82, 2.24) is 0 Å². The van der Waals surface area contributed by atoms with Crippen molar-refractivity contribution in [2.24, 2.45) is 4.40 Å². The van der Waals surface area contributed by atoms with E-state index in [2.05, 4.69) is 4.40 Å². The highest BCUT2D eigenvalue weighted by atomic mass is 32.2. The van der Waals surface area contributed by atoms with Crippen molar-refractivity contribution in [1.29, 1.82) is 0 Å². The molecule has 0 aliphatic heterocycles. The normalized spacial score (nSPS) is 17.8. The number of alkyl halides is 3. The first-order valence-corrected chi connectivity index (χ1v) is 11.2. The zero-order valence-corrected chi connectivity index (χ0v) is 16.5. The molecule has 0 aromatic rings. The van der Waals surface area contributed by atoms with Crippen molar-refractivity contribution in [2.75, 3.05) is 0 Å². The van der Waals surface area contributed by atoms with Gasteiger partial charge in [-0.05, 0) is 38.9 Å². The average molecular weight is 360 g/mol. The molecule has 0 radical (unpaired) electrons. The van der Waals surface area contributed by atoms with E-state index in [1.54, 1.807) is 33.9 Å². The zero-order chi connectivity index (χ0) is 18.0. The molecule has 0 saturated carbocycles. The number of rotatable bonds is 5. The van der Waals surface area contributed by atoms with Crippen LogP contribution in [-0.2, 0) is 15.8 Å². The van der Waals surface area contributed by atoms with Crippen molar-refractivity contribution in [3.05, 3.63) is 0 Å². The second kappa shape index (κ2) is 7.23. The highest BCUT2D eigenvalue weighted by molar-refractivity contribution is 7.91. The lowest BCUT2D eigenvalue weighted by molar-refractivity contribution is -0.195. The Bertz CT molecular complexity index is 387. The van der Waals surface area contributed by atoms with Gasteiger partial charge in [0.15, 0.2) is 8.32 Å². The molecule has 0 N–H and O–H groups in total. The summed E-state index contributed by atoms with van der Waals surface area (Å²) in [6.07, 6.45) is -5.72. The van der Waals surface area contributed by atoms with E-state index in [0.29, 0.717) is 0 Å². The van der Waals surface area contributed by atoms with Crippen LogP contribution in [0.3, 0.4) is 0 Å². The molecule has 132 valence electrons. The molecule has 2 unspecified atom stereocenters. The Morgan fingerprint density at radius 1 is 1.14 bits per heavy atom. The predicted octanol–water partition coefficient (Wildman–Crippen LogP) is 4.86. The highest BCUT2D eigenvalue weighted by Gasteiger charge is 2.47. The van der Waals surface area contributed by atoms with Crippen molar-refractivity contribution in [3.63, 3.8) is 0 Å². The molecule has 0 aliphatic rings. The molecular formula is C14H28F3NO2SSi. The van der Waals surface area contributed by atoms with Gasteiger partial charge in [-0.15, -0.1) is 0 Å². The summed E-state index contributed by atoms with van der Waals surface area (Å²) in [5.74, 6) is 0. The minimum Gasteiger partial charge on any atom is -0.591 e. The molecule has 3 nitrogen and oxygen atoms in total. The van der Waals surface area contributed by atoms with Crippen LogP contribution in [0.15, 0.2) is 4.40 Å². The average Bonchev–Trinajstić information content (AvgIpc) is 2.22. The van der Waals surface area contributed by atoms with Gasteiger partial charge in [0, 0.05) is 6.42 Å². The molecule has 0 fully saturated rings. The molecular weight excluding hydrogens is 331 g/mol. The number of nitrogens with zero attached hydrogens (tertiary/aromatic N) is 1. The van der Waals surface area contributed by atoms with Gasteiger partial charge in [0.25, 0.3) is 0 Å². The van der Waals surface area contributed by atoms with Crippen LogP contribution in [0, 0.1) is 0 Å². The maximum atomic E-state index is 13.2. The van der Waals surface area contributed by atoms with Crippen molar-refractivity contribution >= 4 is 25.9 Å². The van der Waals surface area contributed by atoms with Crippen LogP contribution < -0.4 is 0 Å². The molecule has 0 rings (SSSR count). The lowest BCUT2D eigenvalue weighted by Crippen LogP contribution is -2.48. The largest absolute Gasteiger partial charge is 0.591 e. The van der Waals surface area contributed by atoms with Crippen LogP contribution in [0.1, 0.15) is 48.0 Å². The molecule has 0 saturated heterocycles. The fraction of sp³-hybridized carbons (Fsp3) is 0.929. The summed E-state index contributed by atoms with van der Waals surface area (Å²) in [5, 5.41) is -0.318. The van der Waals surface area contributed by atoms with Gasteiger partial charge in [0.2, 0.25) is 0 Å². The summed E-state index contributed by atoms with van der Waals surface area (Å²) in [4.78, 5) is 0. The minimum atomic E-state index is -4.47. The Morgan fingerprint density at radius 2 is 1.59 bits per heavy atom. The van der Waals surface area contributed by atoms with Crippen molar-refractivity contribution < 1.29 is 22.2 Å². The Labute approximate surface area is 136 Å². The van der Waals surface area contributed by atoms with E-state index in [1.165, 1.54) is 0 Å². The van der Waals surface area contributed by atoms with Crippen LogP contribution in [-0.4, -0.2) is 36.1 Å². The predicted molar refractivity (Wildman–Crippen MR) is 89.1 cm³/mol. The van der Waals surface area contributed by atoms with Gasteiger partial charge in [-0.3, -0.25) is 0 Å². The van der Waals surface area contributed by atoms with Gasteiger partial charge in [0.05, 0.1) is 6.21 Å². The summed E-state index contributed by atoms with van der Waals surface area (Å²) < 4.78 is 59.8. The smallest absolute Gasteiger partial charge is 0.413 e. The van der Waals surface area contributed by atoms with E-state index in [0.717, 1.165) is 6.21 Å². The third-order valence-corrected chi connectivity index (χ3v) is 9.50. The van der Waals surface area contributed by atoms with E-state index in [4.69, 9.17) is 4.43 Å². The quantitative estimate of drug-likeness (QED) is 0.400. The van der Waals surface area contributed by atoms with Crippen LogP contribution >= 0.6 is 0 Å². The molecule has 22 heavy (non-hydrogen) atoms. The maximum Gasteiger partial charge on any atom is 0.413 e. The lowest BCUT2D eigenvalue weighted by Gasteiger charge is -2.39. The first kappa shape index (κ1) is 21.9. The lowest BCUT2D eigenvalue weighted by atomic mass is 10.2. The Morgan fingerprint density at radius 3 is 1.91 bits per heavy atom. The number of hydrogen-bond acceptors (Lipinski definition) is 3. The fourth-order valence-electron chi connectivity index (χ4n) is 1.15. The van der Waals surface area contributed by atoms with Gasteiger partial charge in [-0.2, -0.15) is 13.2 Å². The molecule has 0 aliphatic carbocycles. The molecule has 0 spiro atoms. The van der Waals surface area contributed by atoms with Crippen molar-refractivity contribution in [2.45, 2.75) is 83.1 Å². The first-order valence-electron chi connectivity index (χ1n) is 7.17. The van der Waals surface area contributed by atoms with E-state index in [-0.39, 0.29) is 5.04 Å². The van der Waals surface area contributed by atoms with Crippen LogP contribution in [0.2, 0.25) is 18.1 Å². The van der Waals surface area contributed by atoms with E-state index < -0.39 is 43.1 Å². The number of halogens is 3. The van der Waals surface area contributed by atoms with Crippen molar-refractivity contribution in [3.8, 4) is 0 Å². The van der Waals surface area contributed by atoms with Crippen LogP contribution in [0.5, 0.6) is 0 Å². The molecule has 0 amide bonds. The van der Waals surface area contributed by atoms with Gasteiger partial charge in [-0.1, -0.05) is 25.2 Å². The van der Waals surface area contributed by atoms with Crippen LogP contribution in [0.4, 0.5) is 13.2 Å². The third-order valence-electron chi connectivity index (χ3n) is 3.62. The molecule has 0 aromatic carbocycles. The fourth-order valence-corrected chi connectivity index (χ4v) is 2.98. The third kappa shape index (κ3) is 7.02. The molecule has 8 heteroatoms. The molecule has 0 aromatic heterocycles. The van der Waals surface area contributed by atoms with Gasteiger partial charge < -0.3 is 8.98 Å². The van der Waals surface area contributed by atoms with E-state index in [1.807, 2.05) is 20.8 Å². The second-order valence-electron chi connectivity index (χ2n) is 7.79. The maximum absolute atomic E-state index is 13.2. The molecule has 0 heterocycles. The Kier molecular flexibility index (Phi) is 7.21. The Hall–Kier alpha value is -0.0531. The summed E-state index contributed by atoms with van der Waals surface area (Å²) >= 11 is -1.56. The van der Waals surface area contributed by atoms with Gasteiger partial charge >= 0.3 is 6.18 Å². The summed E-state index contributed by atoms with van der Waals surface area (Å²) in [6.45, 7) is 14.3. The number of hydrogen-bond donors (Lipinski definition) is 0. The van der Waals surface area contributed by atoms with Gasteiger partial charge in [0.1, 0.15) is 22.2 Å². The zero-order valence-electron chi connectivity index (χ0n) is 14.7. The monoisotopic (exact) mass is 359 g/mol.